The van der Waals surface area contributed by atoms with Gasteiger partial charge in [-0.2, -0.15) is 0 Å². The Bertz CT molecular complexity index is 888. The first-order valence-corrected chi connectivity index (χ1v) is 10.4. The van der Waals surface area contributed by atoms with Gasteiger partial charge in [0, 0.05) is 16.9 Å². The van der Waals surface area contributed by atoms with Gasteiger partial charge in [0.1, 0.15) is 0 Å². The van der Waals surface area contributed by atoms with E-state index >= 15 is 0 Å². The Balaban J connectivity index is 2.68. The Kier molecular flexibility index (Phi) is 7.23. The first kappa shape index (κ1) is 21.9. The number of anilines is 1. The highest BCUT2D eigenvalue weighted by atomic mass is 16.2. The summed E-state index contributed by atoms with van der Waals surface area (Å²) in [6.45, 7) is 16.9. The van der Waals surface area contributed by atoms with Gasteiger partial charge in [-0.05, 0) is 88.8 Å². The normalized spacial score (nSPS) is 12.0. The summed E-state index contributed by atoms with van der Waals surface area (Å²) in [5.74, 6) is 0.0672. The molecule has 0 saturated carbocycles. The second-order valence-electron chi connectivity index (χ2n) is 7.92. The number of carbonyl (C=O) groups excluding carboxylic acids is 1. The maximum Gasteiger partial charge on any atom is 0.263 e. The first-order chi connectivity index (χ1) is 13.2. The van der Waals surface area contributed by atoms with E-state index in [1.807, 2.05) is 17.0 Å². The van der Waals surface area contributed by atoms with Gasteiger partial charge in [-0.25, -0.2) is 0 Å². The SMILES string of the molecule is CCCC(C)=C(C)N(C(=O)c1c(C)cc(CC)c(C)c1C)c1ccc(C)cc1. The molecule has 1 amide bonds. The molecule has 0 bridgehead atoms. The number of amides is 1. The molecule has 0 unspecified atom stereocenters. The van der Waals surface area contributed by atoms with E-state index in [1.165, 1.54) is 22.3 Å². The summed E-state index contributed by atoms with van der Waals surface area (Å²) < 4.78 is 0. The lowest BCUT2D eigenvalue weighted by Crippen LogP contribution is -2.31. The van der Waals surface area contributed by atoms with Crippen molar-refractivity contribution in [2.24, 2.45) is 0 Å². The lowest BCUT2D eigenvalue weighted by atomic mass is 9.91. The van der Waals surface area contributed by atoms with E-state index in [9.17, 15) is 4.79 Å². The van der Waals surface area contributed by atoms with Crippen molar-refractivity contribution in [2.75, 3.05) is 4.90 Å². The van der Waals surface area contributed by atoms with Crippen LogP contribution in [0.4, 0.5) is 5.69 Å². The van der Waals surface area contributed by atoms with E-state index in [2.05, 4.69) is 73.6 Å². The molecule has 0 radical (unpaired) electrons. The number of allylic oxidation sites excluding steroid dienone is 2. The van der Waals surface area contributed by atoms with Crippen LogP contribution in [0.15, 0.2) is 41.6 Å². The molecule has 0 heterocycles. The fourth-order valence-electron chi connectivity index (χ4n) is 3.88. The van der Waals surface area contributed by atoms with Gasteiger partial charge in [0.25, 0.3) is 5.91 Å². The topological polar surface area (TPSA) is 20.3 Å². The standard InChI is InChI=1S/C26H35NO/c1-9-11-18(4)22(8)27(24-14-12-17(3)13-15-24)26(28)25-19(5)16-23(10-2)20(6)21(25)7/h12-16H,9-11H2,1-8H3. The predicted molar refractivity (Wildman–Crippen MR) is 121 cm³/mol. The monoisotopic (exact) mass is 377 g/mol. The van der Waals surface area contributed by atoms with E-state index in [-0.39, 0.29) is 5.91 Å². The van der Waals surface area contributed by atoms with Crippen molar-refractivity contribution in [1.29, 1.82) is 0 Å². The average molecular weight is 378 g/mol. The van der Waals surface area contributed by atoms with E-state index in [0.717, 1.165) is 47.3 Å². The molecule has 0 aliphatic rings. The van der Waals surface area contributed by atoms with Crippen LogP contribution in [-0.2, 0) is 6.42 Å². The van der Waals surface area contributed by atoms with Crippen LogP contribution in [0.25, 0.3) is 0 Å². The molecule has 2 heteroatoms. The fraction of sp³-hybridized carbons (Fsp3) is 0.423. The number of aryl methyl sites for hydroxylation is 3. The highest BCUT2D eigenvalue weighted by molar-refractivity contribution is 6.10. The Morgan fingerprint density at radius 2 is 1.54 bits per heavy atom. The smallest absolute Gasteiger partial charge is 0.263 e. The van der Waals surface area contributed by atoms with E-state index in [0.29, 0.717) is 0 Å². The largest absolute Gasteiger partial charge is 0.281 e. The maximum atomic E-state index is 13.9. The minimum Gasteiger partial charge on any atom is -0.281 e. The van der Waals surface area contributed by atoms with Crippen LogP contribution in [-0.4, -0.2) is 5.91 Å². The number of carbonyl (C=O) groups is 1. The highest BCUT2D eigenvalue weighted by Gasteiger charge is 2.25. The molecule has 2 aromatic carbocycles. The number of rotatable bonds is 6. The van der Waals surface area contributed by atoms with Crippen molar-refractivity contribution in [2.45, 2.75) is 74.7 Å². The summed E-state index contributed by atoms with van der Waals surface area (Å²) in [4.78, 5) is 15.8. The predicted octanol–water partition coefficient (Wildman–Crippen LogP) is 7.22. The summed E-state index contributed by atoms with van der Waals surface area (Å²) in [6, 6.07) is 10.4. The van der Waals surface area contributed by atoms with Crippen LogP contribution >= 0.6 is 0 Å². The Hall–Kier alpha value is -2.35. The van der Waals surface area contributed by atoms with Gasteiger partial charge in [0.05, 0.1) is 0 Å². The molecule has 2 aromatic rings. The zero-order chi connectivity index (χ0) is 21.0. The fourth-order valence-corrected chi connectivity index (χ4v) is 3.88. The number of nitrogens with zero attached hydrogens (tertiary/aromatic N) is 1. The second-order valence-corrected chi connectivity index (χ2v) is 7.92. The van der Waals surface area contributed by atoms with Gasteiger partial charge < -0.3 is 0 Å². The molecule has 0 N–H and O–H groups in total. The molecule has 0 saturated heterocycles. The lowest BCUT2D eigenvalue weighted by molar-refractivity contribution is 0.0993. The Morgan fingerprint density at radius 1 is 0.929 bits per heavy atom. The zero-order valence-electron chi connectivity index (χ0n) is 18.9. The summed E-state index contributed by atoms with van der Waals surface area (Å²) in [7, 11) is 0. The van der Waals surface area contributed by atoms with Crippen LogP contribution in [0.5, 0.6) is 0 Å². The van der Waals surface area contributed by atoms with Crippen molar-refractivity contribution < 1.29 is 4.79 Å². The second kappa shape index (κ2) is 9.23. The van der Waals surface area contributed by atoms with E-state index in [4.69, 9.17) is 0 Å². The van der Waals surface area contributed by atoms with Crippen molar-refractivity contribution in [3.63, 3.8) is 0 Å². The quantitative estimate of drug-likeness (QED) is 0.520. The van der Waals surface area contributed by atoms with Crippen LogP contribution in [0, 0.1) is 27.7 Å². The molecule has 0 aliphatic heterocycles. The summed E-state index contributed by atoms with van der Waals surface area (Å²) in [6.07, 6.45) is 3.05. The number of benzene rings is 2. The van der Waals surface area contributed by atoms with Gasteiger partial charge in [-0.1, -0.05) is 49.6 Å². The van der Waals surface area contributed by atoms with Gasteiger partial charge in [-0.3, -0.25) is 9.69 Å². The van der Waals surface area contributed by atoms with Gasteiger partial charge in [0.15, 0.2) is 0 Å². The first-order valence-electron chi connectivity index (χ1n) is 10.4. The average Bonchev–Trinajstić information content (AvgIpc) is 2.66. The molecule has 0 fully saturated rings. The Labute approximate surface area is 171 Å². The van der Waals surface area contributed by atoms with Crippen molar-refractivity contribution >= 4 is 11.6 Å². The summed E-state index contributed by atoms with van der Waals surface area (Å²) >= 11 is 0. The third-order valence-corrected chi connectivity index (χ3v) is 5.87. The molecule has 150 valence electrons. The molecule has 0 atom stereocenters. The number of hydrogen-bond acceptors (Lipinski definition) is 1. The van der Waals surface area contributed by atoms with Crippen LogP contribution in [0.3, 0.4) is 0 Å². The molecule has 2 nitrogen and oxygen atoms in total. The third kappa shape index (κ3) is 4.38. The Morgan fingerprint density at radius 3 is 2.07 bits per heavy atom. The van der Waals surface area contributed by atoms with Crippen molar-refractivity contribution in [3.05, 3.63) is 75.0 Å². The molecule has 0 aliphatic carbocycles. The van der Waals surface area contributed by atoms with Gasteiger partial charge in [-0.15, -0.1) is 0 Å². The molecule has 0 spiro atoms. The maximum absolute atomic E-state index is 13.9. The minimum absolute atomic E-state index is 0.0672. The van der Waals surface area contributed by atoms with Crippen LogP contribution in [0.2, 0.25) is 0 Å². The molecular formula is C26H35NO. The summed E-state index contributed by atoms with van der Waals surface area (Å²) in [5.41, 5.74) is 9.95. The van der Waals surface area contributed by atoms with Gasteiger partial charge >= 0.3 is 0 Å². The van der Waals surface area contributed by atoms with Crippen molar-refractivity contribution in [1.82, 2.24) is 0 Å². The third-order valence-electron chi connectivity index (χ3n) is 5.87. The lowest BCUT2D eigenvalue weighted by Gasteiger charge is -2.28. The number of hydrogen-bond donors (Lipinski definition) is 0. The van der Waals surface area contributed by atoms with Crippen LogP contribution in [0.1, 0.15) is 78.7 Å². The zero-order valence-corrected chi connectivity index (χ0v) is 18.9. The van der Waals surface area contributed by atoms with Crippen molar-refractivity contribution in [3.8, 4) is 0 Å². The summed E-state index contributed by atoms with van der Waals surface area (Å²) in [5, 5.41) is 0. The molecule has 2 rings (SSSR count). The molecule has 28 heavy (non-hydrogen) atoms. The highest BCUT2D eigenvalue weighted by Crippen LogP contribution is 2.30. The van der Waals surface area contributed by atoms with E-state index < -0.39 is 0 Å². The molecule has 0 aromatic heterocycles. The minimum atomic E-state index is 0.0672. The van der Waals surface area contributed by atoms with Gasteiger partial charge in [0.2, 0.25) is 0 Å². The van der Waals surface area contributed by atoms with Crippen LogP contribution < -0.4 is 4.90 Å². The molecular weight excluding hydrogens is 342 g/mol. The van der Waals surface area contributed by atoms with E-state index in [1.54, 1.807) is 0 Å².